The Balaban J connectivity index is 2.21. The molecule has 1 aromatic carbocycles. The van der Waals surface area contributed by atoms with Crippen LogP contribution in [0, 0.1) is 0 Å². The summed E-state index contributed by atoms with van der Waals surface area (Å²) < 4.78 is 20.9. The Labute approximate surface area is 124 Å². The first-order chi connectivity index (χ1) is 10.1. The molecule has 0 saturated carbocycles. The minimum absolute atomic E-state index is 0.293. The van der Waals surface area contributed by atoms with E-state index in [-0.39, 0.29) is 0 Å². The molecule has 0 unspecified atom stereocenters. The molecule has 0 aromatic heterocycles. The van der Waals surface area contributed by atoms with Crippen molar-refractivity contribution in [2.45, 2.75) is 0 Å². The van der Waals surface area contributed by atoms with Crippen LogP contribution in [0.1, 0.15) is 10.4 Å². The lowest BCUT2D eigenvalue weighted by molar-refractivity contribution is 0.0179. The first-order valence-corrected chi connectivity index (χ1v) is 6.61. The SMILES string of the molecule is COCCOCCOCCOc1cc(N)ccc1C(N)=O. The second-order valence-electron chi connectivity index (χ2n) is 4.19. The van der Waals surface area contributed by atoms with Gasteiger partial charge in [-0.25, -0.2) is 0 Å². The molecule has 1 amide bonds. The van der Waals surface area contributed by atoms with E-state index < -0.39 is 5.91 Å². The highest BCUT2D eigenvalue weighted by Crippen LogP contribution is 2.21. The molecule has 0 aliphatic rings. The van der Waals surface area contributed by atoms with Crippen molar-refractivity contribution >= 4 is 11.6 Å². The van der Waals surface area contributed by atoms with E-state index in [2.05, 4.69) is 0 Å². The quantitative estimate of drug-likeness (QED) is 0.453. The zero-order valence-electron chi connectivity index (χ0n) is 12.2. The minimum Gasteiger partial charge on any atom is -0.490 e. The molecule has 0 bridgehead atoms. The third kappa shape index (κ3) is 6.94. The van der Waals surface area contributed by atoms with Crippen molar-refractivity contribution in [1.29, 1.82) is 0 Å². The molecular weight excluding hydrogens is 276 g/mol. The molecule has 0 radical (unpaired) electrons. The molecule has 21 heavy (non-hydrogen) atoms. The molecule has 0 heterocycles. The summed E-state index contributed by atoms with van der Waals surface area (Å²) in [6.07, 6.45) is 0. The van der Waals surface area contributed by atoms with Gasteiger partial charge in [-0.2, -0.15) is 0 Å². The van der Waals surface area contributed by atoms with Gasteiger partial charge in [0.2, 0.25) is 0 Å². The van der Waals surface area contributed by atoms with Crippen molar-refractivity contribution in [2.24, 2.45) is 5.73 Å². The molecule has 0 spiro atoms. The Morgan fingerprint density at radius 1 is 1.05 bits per heavy atom. The fraction of sp³-hybridized carbons (Fsp3) is 0.500. The van der Waals surface area contributed by atoms with Gasteiger partial charge >= 0.3 is 0 Å². The molecule has 1 aromatic rings. The summed E-state index contributed by atoms with van der Waals surface area (Å²) in [4.78, 5) is 11.2. The molecule has 0 aliphatic heterocycles. The Bertz CT molecular complexity index is 439. The largest absolute Gasteiger partial charge is 0.490 e. The molecule has 7 heteroatoms. The van der Waals surface area contributed by atoms with Crippen LogP contribution < -0.4 is 16.2 Å². The first-order valence-electron chi connectivity index (χ1n) is 6.61. The zero-order valence-corrected chi connectivity index (χ0v) is 12.2. The maximum absolute atomic E-state index is 11.2. The van der Waals surface area contributed by atoms with E-state index in [1.807, 2.05) is 0 Å². The third-order valence-corrected chi connectivity index (χ3v) is 2.56. The Morgan fingerprint density at radius 2 is 1.67 bits per heavy atom. The van der Waals surface area contributed by atoms with Crippen molar-refractivity contribution in [3.63, 3.8) is 0 Å². The number of ether oxygens (including phenoxy) is 4. The number of hydrogen-bond acceptors (Lipinski definition) is 6. The van der Waals surface area contributed by atoms with Crippen molar-refractivity contribution in [3.8, 4) is 5.75 Å². The van der Waals surface area contributed by atoms with Gasteiger partial charge in [-0.05, 0) is 12.1 Å². The van der Waals surface area contributed by atoms with E-state index in [9.17, 15) is 4.79 Å². The van der Waals surface area contributed by atoms with Crippen LogP contribution >= 0.6 is 0 Å². The van der Waals surface area contributed by atoms with Crippen LogP contribution in [0.15, 0.2) is 18.2 Å². The minimum atomic E-state index is -0.558. The van der Waals surface area contributed by atoms with Crippen LogP contribution in [0.2, 0.25) is 0 Å². The highest BCUT2D eigenvalue weighted by atomic mass is 16.6. The maximum atomic E-state index is 11.2. The normalized spacial score (nSPS) is 10.5. The topological polar surface area (TPSA) is 106 Å². The number of nitrogen functional groups attached to an aromatic ring is 1. The molecule has 118 valence electrons. The second-order valence-corrected chi connectivity index (χ2v) is 4.19. The van der Waals surface area contributed by atoms with Crippen LogP contribution in [0.5, 0.6) is 5.75 Å². The van der Waals surface area contributed by atoms with E-state index in [0.717, 1.165) is 0 Å². The number of rotatable bonds is 11. The van der Waals surface area contributed by atoms with E-state index in [0.29, 0.717) is 56.6 Å². The number of carbonyl (C=O) groups is 1. The van der Waals surface area contributed by atoms with Crippen molar-refractivity contribution < 1.29 is 23.7 Å². The van der Waals surface area contributed by atoms with E-state index in [1.54, 1.807) is 19.2 Å². The molecular formula is C14H22N2O5. The number of primary amides is 1. The summed E-state index contributed by atoms with van der Waals surface area (Å²) in [6.45, 7) is 2.74. The van der Waals surface area contributed by atoms with E-state index in [1.165, 1.54) is 6.07 Å². The summed E-state index contributed by atoms with van der Waals surface area (Å²) in [5.41, 5.74) is 11.7. The number of carbonyl (C=O) groups excluding carboxylic acids is 1. The first kappa shape index (κ1) is 17.2. The Morgan fingerprint density at radius 3 is 2.29 bits per heavy atom. The zero-order chi connectivity index (χ0) is 15.5. The number of anilines is 1. The highest BCUT2D eigenvalue weighted by molar-refractivity contribution is 5.96. The van der Waals surface area contributed by atoms with Crippen molar-refractivity contribution in [1.82, 2.24) is 0 Å². The summed E-state index contributed by atoms with van der Waals surface area (Å²) >= 11 is 0. The van der Waals surface area contributed by atoms with Crippen molar-refractivity contribution in [2.75, 3.05) is 52.5 Å². The average Bonchev–Trinajstić information content (AvgIpc) is 2.45. The number of benzene rings is 1. The van der Waals surface area contributed by atoms with Crippen LogP contribution in [-0.4, -0.2) is 52.7 Å². The van der Waals surface area contributed by atoms with Gasteiger partial charge < -0.3 is 30.4 Å². The van der Waals surface area contributed by atoms with Gasteiger partial charge in [0, 0.05) is 18.9 Å². The maximum Gasteiger partial charge on any atom is 0.252 e. The lowest BCUT2D eigenvalue weighted by Gasteiger charge is -2.11. The van der Waals surface area contributed by atoms with Gasteiger partial charge in [0.25, 0.3) is 5.91 Å². The van der Waals surface area contributed by atoms with Gasteiger partial charge in [0.15, 0.2) is 0 Å². The van der Waals surface area contributed by atoms with E-state index in [4.69, 9.17) is 30.4 Å². The fourth-order valence-electron chi connectivity index (χ4n) is 1.54. The number of hydrogen-bond donors (Lipinski definition) is 2. The van der Waals surface area contributed by atoms with Crippen LogP contribution in [0.4, 0.5) is 5.69 Å². The van der Waals surface area contributed by atoms with Gasteiger partial charge in [-0.1, -0.05) is 0 Å². The number of methoxy groups -OCH3 is 1. The Hall–Kier alpha value is -1.83. The number of amides is 1. The lowest BCUT2D eigenvalue weighted by atomic mass is 10.2. The number of nitrogens with two attached hydrogens (primary N) is 2. The van der Waals surface area contributed by atoms with Crippen LogP contribution in [0.3, 0.4) is 0 Å². The third-order valence-electron chi connectivity index (χ3n) is 2.56. The van der Waals surface area contributed by atoms with Crippen LogP contribution in [0.25, 0.3) is 0 Å². The highest BCUT2D eigenvalue weighted by Gasteiger charge is 2.09. The smallest absolute Gasteiger partial charge is 0.252 e. The van der Waals surface area contributed by atoms with Crippen LogP contribution in [-0.2, 0) is 14.2 Å². The average molecular weight is 298 g/mol. The van der Waals surface area contributed by atoms with Gasteiger partial charge in [0.1, 0.15) is 12.4 Å². The predicted molar refractivity (Wildman–Crippen MR) is 78.4 cm³/mol. The van der Waals surface area contributed by atoms with E-state index >= 15 is 0 Å². The van der Waals surface area contributed by atoms with Gasteiger partial charge in [-0.15, -0.1) is 0 Å². The molecule has 0 aliphatic carbocycles. The molecule has 1 rings (SSSR count). The van der Waals surface area contributed by atoms with Gasteiger partial charge in [-0.3, -0.25) is 4.79 Å². The summed E-state index contributed by atoms with van der Waals surface area (Å²) in [5, 5.41) is 0. The van der Waals surface area contributed by atoms with Crippen molar-refractivity contribution in [3.05, 3.63) is 23.8 Å². The summed E-state index contributed by atoms with van der Waals surface area (Å²) in [5.74, 6) is -0.195. The molecule has 0 saturated heterocycles. The standard InChI is InChI=1S/C14H22N2O5/c1-18-4-5-19-6-7-20-8-9-21-13-10-11(15)2-3-12(13)14(16)17/h2-3,10H,4-9,15H2,1H3,(H2,16,17). The fourth-order valence-corrected chi connectivity index (χ4v) is 1.54. The second kappa shape index (κ2) is 9.98. The molecule has 7 nitrogen and oxygen atoms in total. The molecule has 4 N–H and O–H groups in total. The summed E-state index contributed by atoms with van der Waals surface area (Å²) in [6, 6.07) is 4.70. The van der Waals surface area contributed by atoms with Gasteiger partial charge in [0.05, 0.1) is 38.6 Å². The molecule has 0 atom stereocenters. The monoisotopic (exact) mass is 298 g/mol. The molecule has 0 fully saturated rings. The Kier molecular flexibility index (Phi) is 8.18. The summed E-state index contributed by atoms with van der Waals surface area (Å²) in [7, 11) is 1.62. The predicted octanol–water partition coefficient (Wildman–Crippen LogP) is 0.426. The lowest BCUT2D eigenvalue weighted by Crippen LogP contribution is -2.16.